The summed E-state index contributed by atoms with van der Waals surface area (Å²) in [6.45, 7) is 3.61. The summed E-state index contributed by atoms with van der Waals surface area (Å²) in [7, 11) is 0. The zero-order valence-corrected chi connectivity index (χ0v) is 17.4. The van der Waals surface area contributed by atoms with Crippen molar-refractivity contribution in [3.05, 3.63) is 66.5 Å². The maximum Gasteiger partial charge on any atom is 0.265 e. The van der Waals surface area contributed by atoms with Gasteiger partial charge in [-0.25, -0.2) is 4.39 Å². The van der Waals surface area contributed by atoms with E-state index in [0.717, 1.165) is 30.2 Å². The lowest BCUT2D eigenvalue weighted by atomic mass is 10.1. The lowest BCUT2D eigenvalue weighted by Crippen LogP contribution is -2.30. The maximum absolute atomic E-state index is 13.8. The summed E-state index contributed by atoms with van der Waals surface area (Å²) in [5.41, 5.74) is 2.18. The molecule has 1 N–H and O–H groups in total. The predicted octanol–water partition coefficient (Wildman–Crippen LogP) is 4.68. The predicted molar refractivity (Wildman–Crippen MR) is 119 cm³/mol. The first-order chi connectivity index (χ1) is 15.1. The number of rotatable bonds is 6. The summed E-state index contributed by atoms with van der Waals surface area (Å²) < 4.78 is 19.2. The minimum Gasteiger partial charge on any atom is -0.478 e. The molecule has 1 atom stereocenters. The van der Waals surface area contributed by atoms with E-state index >= 15 is 0 Å². The second kappa shape index (κ2) is 9.55. The van der Waals surface area contributed by atoms with Crippen LogP contribution in [-0.4, -0.2) is 35.3 Å². The minimum atomic E-state index is -0.857. The molecular weight excluding hydrogens is 395 g/mol. The van der Waals surface area contributed by atoms with Crippen LogP contribution in [0.25, 0.3) is 11.3 Å². The van der Waals surface area contributed by atoms with Gasteiger partial charge in [0.2, 0.25) is 0 Å². The van der Waals surface area contributed by atoms with E-state index in [-0.39, 0.29) is 11.7 Å². The van der Waals surface area contributed by atoms with Crippen molar-refractivity contribution in [2.45, 2.75) is 32.3 Å². The summed E-state index contributed by atoms with van der Waals surface area (Å²) in [6, 6.07) is 17.3. The fourth-order valence-corrected chi connectivity index (χ4v) is 3.56. The van der Waals surface area contributed by atoms with Gasteiger partial charge >= 0.3 is 0 Å². The van der Waals surface area contributed by atoms with Gasteiger partial charge < -0.3 is 15.0 Å². The van der Waals surface area contributed by atoms with Crippen molar-refractivity contribution in [3.63, 3.8) is 0 Å². The molecule has 160 valence electrons. The van der Waals surface area contributed by atoms with Crippen molar-refractivity contribution >= 4 is 17.4 Å². The molecule has 2 heterocycles. The maximum atomic E-state index is 13.8. The third-order valence-electron chi connectivity index (χ3n) is 5.27. The molecule has 1 aliphatic rings. The summed E-state index contributed by atoms with van der Waals surface area (Å²) >= 11 is 0. The van der Waals surface area contributed by atoms with Crippen LogP contribution in [-0.2, 0) is 4.79 Å². The molecule has 3 aromatic rings. The van der Waals surface area contributed by atoms with Crippen molar-refractivity contribution in [3.8, 4) is 17.0 Å². The first kappa shape index (κ1) is 20.8. The Kier molecular flexibility index (Phi) is 6.40. The van der Waals surface area contributed by atoms with Crippen molar-refractivity contribution in [1.29, 1.82) is 0 Å². The number of piperidine rings is 1. The number of ether oxygens (including phenoxy) is 1. The second-order valence-corrected chi connectivity index (χ2v) is 7.59. The molecule has 1 saturated heterocycles. The molecule has 2 aromatic carbocycles. The van der Waals surface area contributed by atoms with Crippen LogP contribution in [0.1, 0.15) is 26.2 Å². The Labute approximate surface area is 181 Å². The minimum absolute atomic E-state index is 0.0444. The Balaban J connectivity index is 1.42. The molecule has 1 amide bonds. The lowest BCUT2D eigenvalue weighted by Gasteiger charge is -2.27. The summed E-state index contributed by atoms with van der Waals surface area (Å²) in [5.74, 6) is 0.0673. The van der Waals surface area contributed by atoms with E-state index in [1.165, 1.54) is 31.4 Å². The quantitative estimate of drug-likeness (QED) is 0.627. The van der Waals surface area contributed by atoms with Gasteiger partial charge in [-0.3, -0.25) is 4.79 Å². The molecule has 1 fully saturated rings. The van der Waals surface area contributed by atoms with Gasteiger partial charge in [-0.15, -0.1) is 10.2 Å². The van der Waals surface area contributed by atoms with Crippen LogP contribution < -0.4 is 15.0 Å². The van der Waals surface area contributed by atoms with Crippen molar-refractivity contribution in [2.75, 3.05) is 23.3 Å². The SMILES string of the molecule is CC(Oc1ccccc1F)C(=O)Nc1cccc(-c2ccc(N3CCCCC3)nn2)c1. The van der Waals surface area contributed by atoms with E-state index in [4.69, 9.17) is 4.74 Å². The number of nitrogens with zero attached hydrogens (tertiary/aromatic N) is 3. The standard InChI is InChI=1S/C24H25FN4O2/c1-17(31-22-11-4-3-10-20(22)25)24(30)26-19-9-7-8-18(16-19)21-12-13-23(28-27-21)29-14-5-2-6-15-29/h3-4,7-13,16-17H,2,5-6,14-15H2,1H3,(H,26,30). The van der Waals surface area contributed by atoms with Crippen LogP contribution in [0.15, 0.2) is 60.7 Å². The highest BCUT2D eigenvalue weighted by molar-refractivity contribution is 5.94. The van der Waals surface area contributed by atoms with Crippen LogP contribution in [0.4, 0.5) is 15.9 Å². The molecule has 0 bridgehead atoms. The third-order valence-corrected chi connectivity index (χ3v) is 5.27. The molecule has 0 spiro atoms. The third kappa shape index (κ3) is 5.17. The molecule has 31 heavy (non-hydrogen) atoms. The average molecular weight is 420 g/mol. The van der Waals surface area contributed by atoms with Crippen molar-refractivity contribution in [1.82, 2.24) is 10.2 Å². The van der Waals surface area contributed by atoms with Gasteiger partial charge in [0.25, 0.3) is 5.91 Å². The van der Waals surface area contributed by atoms with Gasteiger partial charge in [-0.2, -0.15) is 0 Å². The molecule has 1 aromatic heterocycles. The van der Waals surface area contributed by atoms with Crippen LogP contribution in [0.3, 0.4) is 0 Å². The highest BCUT2D eigenvalue weighted by Gasteiger charge is 2.17. The molecule has 0 saturated carbocycles. The van der Waals surface area contributed by atoms with Crippen LogP contribution in [0.5, 0.6) is 5.75 Å². The molecular formula is C24H25FN4O2. The highest BCUT2D eigenvalue weighted by atomic mass is 19.1. The first-order valence-electron chi connectivity index (χ1n) is 10.5. The monoisotopic (exact) mass is 420 g/mol. The van der Waals surface area contributed by atoms with Gasteiger partial charge in [0.1, 0.15) is 0 Å². The Morgan fingerprint density at radius 3 is 2.58 bits per heavy atom. The zero-order valence-electron chi connectivity index (χ0n) is 17.4. The smallest absolute Gasteiger partial charge is 0.265 e. The molecule has 0 aliphatic carbocycles. The second-order valence-electron chi connectivity index (χ2n) is 7.59. The zero-order chi connectivity index (χ0) is 21.6. The lowest BCUT2D eigenvalue weighted by molar-refractivity contribution is -0.122. The number of aromatic nitrogens is 2. The average Bonchev–Trinajstić information content (AvgIpc) is 2.81. The number of halogens is 1. The summed E-state index contributed by atoms with van der Waals surface area (Å²) in [4.78, 5) is 14.8. The normalized spacial score (nSPS) is 14.7. The van der Waals surface area contributed by atoms with E-state index in [1.54, 1.807) is 25.1 Å². The number of amides is 1. The molecule has 1 aliphatic heterocycles. The molecule has 6 nitrogen and oxygen atoms in total. The van der Waals surface area contributed by atoms with E-state index in [0.29, 0.717) is 5.69 Å². The number of carbonyl (C=O) groups excluding carboxylic acids is 1. The van der Waals surface area contributed by atoms with E-state index in [2.05, 4.69) is 20.4 Å². The highest BCUT2D eigenvalue weighted by Crippen LogP contribution is 2.24. The number of anilines is 2. The van der Waals surface area contributed by atoms with E-state index in [9.17, 15) is 9.18 Å². The van der Waals surface area contributed by atoms with E-state index < -0.39 is 11.9 Å². The van der Waals surface area contributed by atoms with Crippen LogP contribution in [0.2, 0.25) is 0 Å². The first-order valence-corrected chi connectivity index (χ1v) is 10.5. The number of carbonyl (C=O) groups is 1. The summed E-state index contributed by atoms with van der Waals surface area (Å²) in [5, 5.41) is 11.6. The molecule has 7 heteroatoms. The van der Waals surface area contributed by atoms with Gasteiger partial charge in [-0.05, 0) is 62.6 Å². The van der Waals surface area contributed by atoms with Crippen molar-refractivity contribution in [2.24, 2.45) is 0 Å². The summed E-state index contributed by atoms with van der Waals surface area (Å²) in [6.07, 6.45) is 2.78. The van der Waals surface area contributed by atoms with E-state index in [1.807, 2.05) is 30.3 Å². The Hall–Kier alpha value is -3.48. The van der Waals surface area contributed by atoms with Crippen molar-refractivity contribution < 1.29 is 13.9 Å². The number of hydrogen-bond donors (Lipinski definition) is 1. The van der Waals surface area contributed by atoms with Gasteiger partial charge in [0.05, 0.1) is 5.69 Å². The number of nitrogens with one attached hydrogen (secondary N) is 1. The Morgan fingerprint density at radius 2 is 1.84 bits per heavy atom. The Morgan fingerprint density at radius 1 is 1.03 bits per heavy atom. The van der Waals surface area contributed by atoms with Gasteiger partial charge in [-0.1, -0.05) is 24.3 Å². The number of para-hydroxylation sites is 1. The fraction of sp³-hybridized carbons (Fsp3) is 0.292. The molecule has 0 radical (unpaired) electrons. The largest absolute Gasteiger partial charge is 0.478 e. The number of benzene rings is 2. The topological polar surface area (TPSA) is 67.3 Å². The van der Waals surface area contributed by atoms with Gasteiger partial charge in [0, 0.05) is 24.3 Å². The van der Waals surface area contributed by atoms with Gasteiger partial charge in [0.15, 0.2) is 23.5 Å². The van der Waals surface area contributed by atoms with Crippen LogP contribution in [0, 0.1) is 5.82 Å². The molecule has 4 rings (SSSR count). The van der Waals surface area contributed by atoms with Crippen LogP contribution >= 0.6 is 0 Å². The Bertz CT molecular complexity index is 1040. The number of hydrogen-bond acceptors (Lipinski definition) is 5. The molecule has 1 unspecified atom stereocenters. The fourth-order valence-electron chi connectivity index (χ4n) is 3.56.